The van der Waals surface area contributed by atoms with Crippen molar-refractivity contribution in [3.8, 4) is 11.3 Å². The molecule has 1 aliphatic heterocycles. The molecule has 0 spiro atoms. The Bertz CT molecular complexity index is 1030. The second-order valence-electron chi connectivity index (χ2n) is 7.50. The van der Waals surface area contributed by atoms with Crippen molar-refractivity contribution in [1.82, 2.24) is 9.97 Å². The highest BCUT2D eigenvalue weighted by Gasteiger charge is 2.11. The molecule has 4 heteroatoms. The summed E-state index contributed by atoms with van der Waals surface area (Å²) < 4.78 is 0. The minimum Gasteiger partial charge on any atom is -0.339 e. The van der Waals surface area contributed by atoms with E-state index >= 15 is 0 Å². The molecule has 4 nitrogen and oxygen atoms in total. The molecule has 0 saturated heterocycles. The molecule has 0 bridgehead atoms. The van der Waals surface area contributed by atoms with E-state index in [1.807, 2.05) is 30.5 Å². The molecule has 1 aromatic carbocycles. The first-order valence-corrected chi connectivity index (χ1v) is 9.97. The zero-order valence-electron chi connectivity index (χ0n) is 16.2. The number of ketones is 1. The molecule has 1 N–H and O–H groups in total. The van der Waals surface area contributed by atoms with Gasteiger partial charge in [-0.3, -0.25) is 9.79 Å². The molecule has 3 heterocycles. The fraction of sp³-hybridized carbons (Fsp3) is 0.292. The number of nitrogens with zero attached hydrogens (tertiary/aromatic N) is 2. The number of hydrogen-bond donors (Lipinski definition) is 1. The quantitative estimate of drug-likeness (QED) is 0.560. The molecule has 0 amide bonds. The summed E-state index contributed by atoms with van der Waals surface area (Å²) in [5, 5.41) is 0.973. The van der Waals surface area contributed by atoms with Crippen molar-refractivity contribution in [3.05, 3.63) is 65.9 Å². The maximum Gasteiger partial charge on any atom is 0.164 e. The third kappa shape index (κ3) is 4.28. The number of hydrogen-bond acceptors (Lipinski definition) is 3. The highest BCUT2D eigenvalue weighted by Crippen LogP contribution is 2.24. The first-order chi connectivity index (χ1) is 13.7. The number of allylic oxidation sites excluding steroid dienone is 2. The van der Waals surface area contributed by atoms with Gasteiger partial charge in [0.05, 0.1) is 0 Å². The lowest BCUT2D eigenvalue weighted by atomic mass is 9.99. The van der Waals surface area contributed by atoms with Crippen LogP contribution in [0.15, 0.2) is 65.3 Å². The zero-order chi connectivity index (χ0) is 19.3. The lowest BCUT2D eigenvalue weighted by Crippen LogP contribution is -2.00. The summed E-state index contributed by atoms with van der Waals surface area (Å²) >= 11 is 0. The lowest BCUT2D eigenvalue weighted by Gasteiger charge is -2.06. The fourth-order valence-corrected chi connectivity index (χ4v) is 3.62. The van der Waals surface area contributed by atoms with Crippen LogP contribution in [0.1, 0.15) is 49.4 Å². The molecule has 28 heavy (non-hydrogen) atoms. The van der Waals surface area contributed by atoms with E-state index in [1.54, 1.807) is 6.20 Å². The van der Waals surface area contributed by atoms with Gasteiger partial charge in [-0.2, -0.15) is 0 Å². The van der Waals surface area contributed by atoms with Crippen LogP contribution in [0.25, 0.3) is 22.3 Å². The lowest BCUT2D eigenvalue weighted by molar-refractivity contribution is 0.0980. The summed E-state index contributed by atoms with van der Waals surface area (Å²) in [5.74, 6) is 0.160. The average Bonchev–Trinajstić information content (AvgIpc) is 3.04. The van der Waals surface area contributed by atoms with E-state index in [2.05, 4.69) is 46.2 Å². The molecule has 0 fully saturated rings. The van der Waals surface area contributed by atoms with E-state index in [0.717, 1.165) is 48.0 Å². The summed E-state index contributed by atoms with van der Waals surface area (Å²) in [4.78, 5) is 24.9. The Kier molecular flexibility index (Phi) is 5.47. The molecule has 0 saturated carbocycles. The van der Waals surface area contributed by atoms with Gasteiger partial charge in [0.2, 0.25) is 0 Å². The van der Waals surface area contributed by atoms with Gasteiger partial charge in [0.1, 0.15) is 5.65 Å². The van der Waals surface area contributed by atoms with Crippen LogP contribution in [0, 0.1) is 0 Å². The molecule has 1 aliphatic rings. The number of H-pyrrole nitrogens is 1. The van der Waals surface area contributed by atoms with Crippen LogP contribution in [-0.2, 0) is 0 Å². The number of pyridine rings is 1. The van der Waals surface area contributed by atoms with Crippen LogP contribution in [0.4, 0.5) is 0 Å². The van der Waals surface area contributed by atoms with Gasteiger partial charge >= 0.3 is 0 Å². The Morgan fingerprint density at radius 1 is 1.21 bits per heavy atom. The van der Waals surface area contributed by atoms with Crippen molar-refractivity contribution in [2.75, 3.05) is 0 Å². The van der Waals surface area contributed by atoms with E-state index < -0.39 is 0 Å². The van der Waals surface area contributed by atoms with E-state index in [4.69, 9.17) is 0 Å². The maximum absolute atomic E-state index is 12.6. The number of aliphatic imine (C=N–C) groups is 1. The molecule has 0 aliphatic carbocycles. The summed E-state index contributed by atoms with van der Waals surface area (Å²) in [7, 11) is 0. The number of nitrogens with one attached hydrogen (secondary N) is 1. The molecule has 142 valence electrons. The molecule has 3 aromatic rings. The normalized spacial score (nSPS) is 16.8. The van der Waals surface area contributed by atoms with Gasteiger partial charge in [0.25, 0.3) is 0 Å². The summed E-state index contributed by atoms with van der Waals surface area (Å²) in [6, 6.07) is 14.6. The fourth-order valence-electron chi connectivity index (χ4n) is 3.62. The van der Waals surface area contributed by atoms with Gasteiger partial charge in [-0.25, -0.2) is 4.98 Å². The number of carbonyl (C=O) groups is 1. The van der Waals surface area contributed by atoms with Gasteiger partial charge in [-0.15, -0.1) is 0 Å². The van der Waals surface area contributed by atoms with Crippen LogP contribution in [0.5, 0.6) is 0 Å². The van der Waals surface area contributed by atoms with Gasteiger partial charge in [-0.05, 0) is 56.4 Å². The Balaban J connectivity index is 1.40. The van der Waals surface area contributed by atoms with Gasteiger partial charge < -0.3 is 4.98 Å². The van der Waals surface area contributed by atoms with Crippen molar-refractivity contribution < 1.29 is 4.79 Å². The molecular weight excluding hydrogens is 346 g/mol. The Hall–Kier alpha value is -3.01. The summed E-state index contributed by atoms with van der Waals surface area (Å²) in [6.07, 6.45) is 10.3. The number of aromatic nitrogens is 2. The second-order valence-corrected chi connectivity index (χ2v) is 7.50. The van der Waals surface area contributed by atoms with Crippen LogP contribution in [0.3, 0.4) is 0 Å². The number of aromatic amines is 1. The van der Waals surface area contributed by atoms with Crippen LogP contribution >= 0.6 is 0 Å². The van der Waals surface area contributed by atoms with Crippen molar-refractivity contribution in [2.45, 2.75) is 45.1 Å². The highest BCUT2D eigenvalue weighted by molar-refractivity contribution is 5.99. The topological polar surface area (TPSA) is 58.1 Å². The smallest absolute Gasteiger partial charge is 0.164 e. The number of Topliss-reactive ketones (excluding diaryl/α,β-unsaturated/α-hetero) is 1. The summed E-state index contributed by atoms with van der Waals surface area (Å²) in [6.45, 7) is 2.14. The standard InChI is InChI=1S/C24H25N3O/c1-17-10-11-18(12-13-25-17)6-5-9-23(28)21-14-20-15-22(27-24(20)26-16-21)19-7-3-2-4-8-19/h2-4,7-8,12-17H,5-6,9-11H2,1H3,(H,26,27). The largest absolute Gasteiger partial charge is 0.339 e. The average molecular weight is 371 g/mol. The molecule has 1 unspecified atom stereocenters. The van der Waals surface area contributed by atoms with E-state index in [-0.39, 0.29) is 5.78 Å². The van der Waals surface area contributed by atoms with Gasteiger partial charge in [0.15, 0.2) is 5.78 Å². The van der Waals surface area contributed by atoms with Crippen molar-refractivity contribution in [2.24, 2.45) is 4.99 Å². The van der Waals surface area contributed by atoms with Crippen molar-refractivity contribution in [3.63, 3.8) is 0 Å². The SMILES string of the molecule is CC1CCC(CCCC(=O)c2cnc3[nH]c(-c4ccccc4)cc3c2)=CC=N1. The van der Waals surface area contributed by atoms with Crippen molar-refractivity contribution >= 4 is 23.0 Å². The van der Waals surface area contributed by atoms with Crippen LogP contribution < -0.4 is 0 Å². The minimum absolute atomic E-state index is 0.160. The summed E-state index contributed by atoms with van der Waals surface area (Å²) in [5.41, 5.74) is 5.03. The number of rotatable bonds is 6. The number of fused-ring (bicyclic) bond motifs is 1. The van der Waals surface area contributed by atoms with Gasteiger partial charge in [0, 0.05) is 41.5 Å². The third-order valence-electron chi connectivity index (χ3n) is 5.31. The first-order valence-electron chi connectivity index (χ1n) is 9.97. The second kappa shape index (κ2) is 8.34. The Morgan fingerprint density at radius 2 is 2.07 bits per heavy atom. The van der Waals surface area contributed by atoms with Crippen molar-refractivity contribution in [1.29, 1.82) is 0 Å². The molecule has 4 rings (SSSR count). The molecular formula is C24H25N3O. The van der Waals surface area contributed by atoms with Crippen LogP contribution in [0.2, 0.25) is 0 Å². The highest BCUT2D eigenvalue weighted by atomic mass is 16.1. The monoisotopic (exact) mass is 371 g/mol. The zero-order valence-corrected chi connectivity index (χ0v) is 16.2. The predicted molar refractivity (Wildman–Crippen MR) is 115 cm³/mol. The molecule has 0 radical (unpaired) electrons. The third-order valence-corrected chi connectivity index (χ3v) is 5.31. The van der Waals surface area contributed by atoms with Gasteiger partial charge in [-0.1, -0.05) is 35.9 Å². The number of benzene rings is 1. The van der Waals surface area contributed by atoms with E-state index in [0.29, 0.717) is 18.0 Å². The predicted octanol–water partition coefficient (Wildman–Crippen LogP) is 5.76. The maximum atomic E-state index is 12.6. The first kappa shape index (κ1) is 18.4. The minimum atomic E-state index is 0.160. The van der Waals surface area contributed by atoms with E-state index in [1.165, 1.54) is 5.57 Å². The molecule has 2 aromatic heterocycles. The van der Waals surface area contributed by atoms with E-state index in [9.17, 15) is 4.79 Å². The Labute approximate surface area is 165 Å². The Morgan fingerprint density at radius 3 is 2.93 bits per heavy atom. The molecule has 1 atom stereocenters. The van der Waals surface area contributed by atoms with Crippen LogP contribution in [-0.4, -0.2) is 28.0 Å². The number of carbonyl (C=O) groups excluding carboxylic acids is 1.